The molecule has 3 heterocycles. The fourth-order valence-corrected chi connectivity index (χ4v) is 5.66. The van der Waals surface area contributed by atoms with Crippen molar-refractivity contribution in [3.05, 3.63) is 84.4 Å². The highest BCUT2D eigenvalue weighted by Gasteiger charge is 2.38. The molecule has 0 aliphatic carbocycles. The molecule has 4 aromatic rings. The van der Waals surface area contributed by atoms with Crippen molar-refractivity contribution in [3.8, 4) is 16.9 Å². The lowest BCUT2D eigenvalue weighted by molar-refractivity contribution is -0.192. The zero-order valence-corrected chi connectivity index (χ0v) is 26.7. The molecule has 47 heavy (non-hydrogen) atoms. The molecular weight excluding hydrogens is 639 g/mol. The smallest absolute Gasteiger partial charge is 0.490 e. The van der Waals surface area contributed by atoms with E-state index in [0.29, 0.717) is 31.5 Å². The number of halogens is 3. The fraction of sp³-hybridized carbons (Fsp3) is 0.375. The number of pyridine rings is 1. The number of carbonyl (C=O) groups is 1. The summed E-state index contributed by atoms with van der Waals surface area (Å²) >= 11 is 0. The van der Waals surface area contributed by atoms with E-state index in [1.165, 1.54) is 0 Å². The Morgan fingerprint density at radius 3 is 2.13 bits per heavy atom. The first kappa shape index (κ1) is 35.4. The van der Waals surface area contributed by atoms with Crippen molar-refractivity contribution in [2.45, 2.75) is 50.1 Å². The first-order valence-electron chi connectivity index (χ1n) is 14.9. The van der Waals surface area contributed by atoms with Crippen LogP contribution in [0, 0.1) is 5.92 Å². The number of carboxylic acid groups (broad SMARTS) is 1. The minimum atomic E-state index is -5.08. The number of aliphatic carboxylic acids is 1. The van der Waals surface area contributed by atoms with Crippen LogP contribution < -0.4 is 14.4 Å². The first-order valence-corrected chi connectivity index (χ1v) is 16.4. The molecule has 252 valence electrons. The third kappa shape index (κ3) is 10.5. The van der Waals surface area contributed by atoms with E-state index in [0.717, 1.165) is 54.2 Å². The van der Waals surface area contributed by atoms with E-state index in [9.17, 15) is 21.6 Å². The van der Waals surface area contributed by atoms with Crippen LogP contribution in [0.5, 0.6) is 5.75 Å². The van der Waals surface area contributed by atoms with Gasteiger partial charge in [-0.3, -0.25) is 4.98 Å². The summed E-state index contributed by atoms with van der Waals surface area (Å²) in [6, 6.07) is 19.2. The molecule has 0 spiro atoms. The number of alkyl halides is 3. The lowest BCUT2D eigenvalue weighted by Crippen LogP contribution is -2.35. The maximum atomic E-state index is 12.7. The molecule has 1 saturated heterocycles. The van der Waals surface area contributed by atoms with Gasteiger partial charge in [0.1, 0.15) is 5.75 Å². The summed E-state index contributed by atoms with van der Waals surface area (Å²) in [7, 11) is -3.58. The number of sulfonamides is 1. The summed E-state index contributed by atoms with van der Waals surface area (Å²) in [5.74, 6) is -0.470. The second-order valence-corrected chi connectivity index (χ2v) is 13.0. The van der Waals surface area contributed by atoms with Crippen LogP contribution >= 0.6 is 0 Å². The molecule has 0 atom stereocenters. The highest BCUT2D eigenvalue weighted by Crippen LogP contribution is 2.27. The van der Waals surface area contributed by atoms with Crippen molar-refractivity contribution >= 4 is 22.0 Å². The van der Waals surface area contributed by atoms with Gasteiger partial charge in [0.25, 0.3) is 0 Å². The highest BCUT2D eigenvalue weighted by molar-refractivity contribution is 7.89. The van der Waals surface area contributed by atoms with Gasteiger partial charge in [-0.1, -0.05) is 43.3 Å². The van der Waals surface area contributed by atoms with E-state index < -0.39 is 22.2 Å². The van der Waals surface area contributed by atoms with Gasteiger partial charge in [-0.25, -0.2) is 17.9 Å². The highest BCUT2D eigenvalue weighted by atomic mass is 32.2. The number of ether oxygens (including phenoxy) is 1. The minimum absolute atomic E-state index is 0.247. The average Bonchev–Trinajstić information content (AvgIpc) is 3.56. The Hall–Kier alpha value is -4.50. The van der Waals surface area contributed by atoms with Gasteiger partial charge in [0.2, 0.25) is 10.0 Å². The molecular formula is C32H36F3N5O6S. The van der Waals surface area contributed by atoms with Crippen LogP contribution in [0.15, 0.2) is 82.5 Å². The van der Waals surface area contributed by atoms with Crippen LogP contribution in [0.25, 0.3) is 11.1 Å². The summed E-state index contributed by atoms with van der Waals surface area (Å²) in [4.78, 5) is 19.8. The summed E-state index contributed by atoms with van der Waals surface area (Å²) in [5, 5.41) is 11.2. The molecule has 2 aromatic heterocycles. The van der Waals surface area contributed by atoms with Crippen molar-refractivity contribution in [3.63, 3.8) is 0 Å². The van der Waals surface area contributed by atoms with Crippen LogP contribution in [-0.2, 0) is 21.2 Å². The number of carboxylic acids is 1. The predicted octanol–water partition coefficient (Wildman–Crippen LogP) is 5.70. The van der Waals surface area contributed by atoms with E-state index in [4.69, 9.17) is 19.2 Å². The maximum absolute atomic E-state index is 12.7. The number of aromatic nitrogens is 3. The molecule has 0 bridgehead atoms. The quantitative estimate of drug-likeness (QED) is 0.203. The number of rotatable bonds is 11. The average molecular weight is 676 g/mol. The Bertz CT molecular complexity index is 1670. The van der Waals surface area contributed by atoms with E-state index in [1.54, 1.807) is 24.5 Å². The van der Waals surface area contributed by atoms with Gasteiger partial charge in [0.05, 0.1) is 11.5 Å². The largest absolute Gasteiger partial charge is 0.493 e. The zero-order chi connectivity index (χ0) is 34.0. The molecule has 0 radical (unpaired) electrons. The number of nitrogens with one attached hydrogen (secondary N) is 1. The van der Waals surface area contributed by atoms with Crippen molar-refractivity contribution in [1.29, 1.82) is 0 Å². The van der Waals surface area contributed by atoms with Crippen LogP contribution in [0.4, 0.5) is 19.2 Å². The van der Waals surface area contributed by atoms with Crippen molar-refractivity contribution in [2.24, 2.45) is 5.92 Å². The number of hydrogen-bond acceptors (Lipinski definition) is 9. The summed E-state index contributed by atoms with van der Waals surface area (Å²) in [5.41, 5.74) is 2.97. The van der Waals surface area contributed by atoms with Crippen molar-refractivity contribution < 1.29 is 40.8 Å². The van der Waals surface area contributed by atoms with Crippen LogP contribution in [0.2, 0.25) is 0 Å². The van der Waals surface area contributed by atoms with Gasteiger partial charge in [0.15, 0.2) is 5.82 Å². The Morgan fingerprint density at radius 2 is 1.60 bits per heavy atom. The molecule has 0 unspecified atom stereocenters. The third-order valence-corrected chi connectivity index (χ3v) is 8.84. The van der Waals surface area contributed by atoms with Gasteiger partial charge in [0, 0.05) is 37.9 Å². The Morgan fingerprint density at radius 1 is 1.02 bits per heavy atom. The molecule has 1 aliphatic heterocycles. The van der Waals surface area contributed by atoms with Gasteiger partial charge in [-0.2, -0.15) is 18.2 Å². The van der Waals surface area contributed by atoms with E-state index in [1.807, 2.05) is 48.5 Å². The molecule has 1 aliphatic rings. The lowest BCUT2D eigenvalue weighted by Gasteiger charge is -2.30. The summed E-state index contributed by atoms with van der Waals surface area (Å²) < 4.78 is 71.3. The Labute approximate surface area is 270 Å². The zero-order valence-electron chi connectivity index (χ0n) is 25.9. The molecule has 0 amide bonds. The Balaban J connectivity index is 0.000000644. The van der Waals surface area contributed by atoms with E-state index in [-0.39, 0.29) is 10.8 Å². The number of benzene rings is 2. The summed E-state index contributed by atoms with van der Waals surface area (Å²) in [6.45, 7) is 6.84. The number of piperidine rings is 1. The molecule has 5 rings (SSSR count). The van der Waals surface area contributed by atoms with Gasteiger partial charge >= 0.3 is 18.2 Å². The lowest BCUT2D eigenvalue weighted by atomic mass is 9.98. The molecule has 2 aromatic carbocycles. The van der Waals surface area contributed by atoms with Crippen molar-refractivity contribution in [2.75, 3.05) is 31.1 Å². The minimum Gasteiger partial charge on any atom is -0.493 e. The van der Waals surface area contributed by atoms with Gasteiger partial charge in [-0.05, 0) is 78.3 Å². The standard InChI is InChI=1S/C30H35N5O4S.C2HF3O2/c1-22(2)29-33-30(39-34-29)35-19-14-24(15-20-35)21-38-27-7-3-25(4-8-27)26-5-9-28(10-6-26)40(36,37)32-18-13-23-11-16-31-17-12-23;3-2(4,5)1(6)7/h3-12,16-17,22,24,32H,13-15,18-21H2,1-2H3;(H,6,7). The molecule has 11 nitrogen and oxygen atoms in total. The van der Waals surface area contributed by atoms with Gasteiger partial charge < -0.3 is 19.3 Å². The fourth-order valence-electron chi connectivity index (χ4n) is 4.63. The van der Waals surface area contributed by atoms with Crippen LogP contribution in [-0.4, -0.2) is 67.0 Å². The van der Waals surface area contributed by atoms with E-state index in [2.05, 4.69) is 38.6 Å². The molecule has 1 fully saturated rings. The molecule has 0 saturated carbocycles. The first-order chi connectivity index (χ1) is 22.3. The molecule has 2 N–H and O–H groups in total. The van der Waals surface area contributed by atoms with Crippen molar-refractivity contribution in [1.82, 2.24) is 19.8 Å². The van der Waals surface area contributed by atoms with Crippen LogP contribution in [0.1, 0.15) is 44.0 Å². The monoisotopic (exact) mass is 675 g/mol. The number of nitrogens with zero attached hydrogens (tertiary/aromatic N) is 4. The SMILES string of the molecule is CC(C)c1noc(N2CCC(COc3ccc(-c4ccc(S(=O)(=O)NCCc5ccncc5)cc4)cc3)CC2)n1.O=C(O)C(F)(F)F. The van der Waals surface area contributed by atoms with Crippen LogP contribution in [0.3, 0.4) is 0 Å². The second kappa shape index (κ2) is 15.9. The normalized spacial score (nSPS) is 14.0. The topological polar surface area (TPSA) is 148 Å². The van der Waals surface area contributed by atoms with E-state index >= 15 is 0 Å². The maximum Gasteiger partial charge on any atom is 0.490 e. The number of anilines is 1. The van der Waals surface area contributed by atoms with Gasteiger partial charge in [-0.15, -0.1) is 0 Å². The summed E-state index contributed by atoms with van der Waals surface area (Å²) in [6.07, 6.45) is 0.933. The third-order valence-electron chi connectivity index (χ3n) is 7.37. The second-order valence-electron chi connectivity index (χ2n) is 11.2. The Kier molecular flexibility index (Phi) is 11.9. The predicted molar refractivity (Wildman–Crippen MR) is 168 cm³/mol. The molecule has 15 heteroatoms. The number of hydrogen-bond donors (Lipinski definition) is 2.